The van der Waals surface area contributed by atoms with Gasteiger partial charge in [-0.25, -0.2) is 9.36 Å². The third kappa shape index (κ3) is 5.32. The molecule has 1 aromatic heterocycles. The molecule has 3 unspecified atom stereocenters. The Bertz CT molecular complexity index is 1370. The summed E-state index contributed by atoms with van der Waals surface area (Å²) in [4.78, 5) is 40.8. The molecule has 4 rings (SSSR count). The molecule has 2 heterocycles. The first-order valence-corrected chi connectivity index (χ1v) is 12.8. The van der Waals surface area contributed by atoms with Crippen molar-refractivity contribution in [1.82, 2.24) is 14.6 Å². The lowest BCUT2D eigenvalue weighted by Gasteiger charge is -2.27. The van der Waals surface area contributed by atoms with E-state index in [0.717, 1.165) is 16.8 Å². The number of aliphatic hydroxyl groups is 1. The zero-order chi connectivity index (χ0) is 27.0. The minimum absolute atomic E-state index is 0.144. The molecular formula is C21H25N6O9P. The number of hydrogen-bond acceptors (Lipinski definition) is 10. The smallest absolute Gasteiger partial charge is 0.459 e. The Balaban J connectivity index is 1.59. The van der Waals surface area contributed by atoms with Crippen LogP contribution in [0.15, 0.2) is 57.3 Å². The zero-order valence-corrected chi connectivity index (χ0v) is 20.8. The molecule has 7 atom stereocenters. The van der Waals surface area contributed by atoms with Gasteiger partial charge < -0.3 is 19.1 Å². The fourth-order valence-corrected chi connectivity index (χ4v) is 5.68. The lowest BCUT2D eigenvalue weighted by atomic mass is 10.1. The zero-order valence-electron chi connectivity index (χ0n) is 20.0. The summed E-state index contributed by atoms with van der Waals surface area (Å²) in [5.74, 6) is -0.573. The van der Waals surface area contributed by atoms with E-state index in [1.165, 1.54) is 19.1 Å². The predicted octanol–water partition coefficient (Wildman–Crippen LogP) is 1.36. The van der Waals surface area contributed by atoms with Gasteiger partial charge in [0.2, 0.25) is 0 Å². The van der Waals surface area contributed by atoms with Crippen molar-refractivity contribution in [1.29, 1.82) is 0 Å². The molecule has 1 aliphatic carbocycles. The highest BCUT2D eigenvalue weighted by molar-refractivity contribution is 7.52. The number of benzene rings is 1. The molecule has 198 valence electrons. The van der Waals surface area contributed by atoms with Crippen molar-refractivity contribution < 1.29 is 33.0 Å². The van der Waals surface area contributed by atoms with Gasteiger partial charge in [0.15, 0.2) is 0 Å². The molecule has 15 nitrogen and oxygen atoms in total. The molecule has 1 saturated heterocycles. The van der Waals surface area contributed by atoms with E-state index in [4.69, 9.17) is 24.1 Å². The Kier molecular flexibility index (Phi) is 7.29. The first-order valence-electron chi connectivity index (χ1n) is 11.2. The summed E-state index contributed by atoms with van der Waals surface area (Å²) >= 11 is 0. The molecule has 16 heteroatoms. The van der Waals surface area contributed by atoms with Gasteiger partial charge in [-0.2, -0.15) is 5.09 Å². The van der Waals surface area contributed by atoms with Crippen LogP contribution in [0.1, 0.15) is 27.0 Å². The number of fused-ring (bicyclic) bond motifs is 1. The topological polar surface area (TPSA) is 207 Å². The van der Waals surface area contributed by atoms with Crippen LogP contribution in [0.2, 0.25) is 0 Å². The molecule has 1 aromatic carbocycles. The number of aromatic nitrogens is 2. The molecule has 37 heavy (non-hydrogen) atoms. The third-order valence-electron chi connectivity index (χ3n) is 5.69. The molecule has 2 aliphatic rings. The summed E-state index contributed by atoms with van der Waals surface area (Å²) in [6, 6.07) is 6.51. The molecule has 0 radical (unpaired) electrons. The van der Waals surface area contributed by atoms with Crippen molar-refractivity contribution in [3.8, 4) is 5.75 Å². The first kappa shape index (κ1) is 26.6. The van der Waals surface area contributed by atoms with Crippen molar-refractivity contribution in [2.24, 2.45) is 5.11 Å². The summed E-state index contributed by atoms with van der Waals surface area (Å²) < 4.78 is 36.8. The number of rotatable bonds is 10. The quantitative estimate of drug-likeness (QED) is 0.131. The predicted molar refractivity (Wildman–Crippen MR) is 126 cm³/mol. The van der Waals surface area contributed by atoms with Crippen molar-refractivity contribution in [3.63, 3.8) is 0 Å². The number of hydrogen-bond donors (Lipinski definition) is 3. The fraction of sp³-hybridized carbons (Fsp3) is 0.476. The highest BCUT2D eigenvalue weighted by Crippen LogP contribution is 2.61. The van der Waals surface area contributed by atoms with Crippen LogP contribution in [0.4, 0.5) is 0 Å². The number of ether oxygens (including phenoxy) is 2. The van der Waals surface area contributed by atoms with Gasteiger partial charge in [-0.15, -0.1) is 0 Å². The third-order valence-corrected chi connectivity index (χ3v) is 7.35. The maximum Gasteiger partial charge on any atom is 0.459 e. The lowest BCUT2D eigenvalue weighted by Crippen LogP contribution is -2.42. The summed E-state index contributed by atoms with van der Waals surface area (Å²) in [5, 5.41) is 17.4. The van der Waals surface area contributed by atoms with Gasteiger partial charge in [-0.3, -0.25) is 23.7 Å². The van der Waals surface area contributed by atoms with Gasteiger partial charge >= 0.3 is 19.4 Å². The van der Waals surface area contributed by atoms with Crippen LogP contribution in [0, 0.1) is 0 Å². The number of carbonyl (C=O) groups excluding carboxylic acids is 1. The van der Waals surface area contributed by atoms with E-state index in [-0.39, 0.29) is 5.75 Å². The number of para-hydroxylation sites is 1. The summed E-state index contributed by atoms with van der Waals surface area (Å²) in [6.45, 7) is 4.70. The summed E-state index contributed by atoms with van der Waals surface area (Å²) in [7, 11) is -4.38. The monoisotopic (exact) mass is 536 g/mol. The standard InChI is InChI=1S/C21H25N6O9P/c1-11(2)33-19(29)12(3)25-37(32,35-13-7-5-4-6-8-13)36-17-16-21(17,31)15(24-26-22)18(34-16)27-10-9-14(28)23-20(27)30/h4-12,15-18,31H,1-3H3,(H,25,32)(H,23,28,30)/t12-,15?,16+,17?,18+,21-,37?/m0/s1. The van der Waals surface area contributed by atoms with Crippen LogP contribution in [0.3, 0.4) is 0 Å². The van der Waals surface area contributed by atoms with Crippen LogP contribution in [0.25, 0.3) is 10.4 Å². The average molecular weight is 536 g/mol. The van der Waals surface area contributed by atoms with Crippen LogP contribution < -0.4 is 20.9 Å². The molecule has 0 amide bonds. The van der Waals surface area contributed by atoms with Gasteiger partial charge in [0.05, 0.1) is 6.10 Å². The van der Waals surface area contributed by atoms with Gasteiger partial charge in [-0.1, -0.05) is 23.3 Å². The summed E-state index contributed by atoms with van der Waals surface area (Å²) in [5.41, 5.74) is 5.58. The van der Waals surface area contributed by atoms with Crippen molar-refractivity contribution in [2.45, 2.75) is 63.0 Å². The van der Waals surface area contributed by atoms with E-state index >= 15 is 0 Å². The number of carbonyl (C=O) groups is 1. The van der Waals surface area contributed by atoms with Gasteiger partial charge in [0.1, 0.15) is 41.9 Å². The van der Waals surface area contributed by atoms with E-state index in [1.54, 1.807) is 32.0 Å². The van der Waals surface area contributed by atoms with Crippen molar-refractivity contribution in [2.75, 3.05) is 0 Å². The van der Waals surface area contributed by atoms with Crippen LogP contribution in [-0.2, 0) is 23.4 Å². The number of azide groups is 1. The minimum Gasteiger partial charge on any atom is -0.462 e. The second kappa shape index (κ2) is 10.1. The van der Waals surface area contributed by atoms with E-state index < -0.39 is 67.2 Å². The van der Waals surface area contributed by atoms with Gasteiger partial charge in [-0.05, 0) is 38.4 Å². The molecule has 1 aliphatic heterocycles. The van der Waals surface area contributed by atoms with Gasteiger partial charge in [0.25, 0.3) is 5.56 Å². The number of aromatic amines is 1. The molecule has 3 N–H and O–H groups in total. The van der Waals surface area contributed by atoms with Gasteiger partial charge in [0, 0.05) is 17.2 Å². The van der Waals surface area contributed by atoms with E-state index in [0.29, 0.717) is 0 Å². The molecule has 0 bridgehead atoms. The second-order valence-electron chi connectivity index (χ2n) is 8.77. The molecule has 2 fully saturated rings. The second-order valence-corrected chi connectivity index (χ2v) is 10.4. The number of nitrogens with zero attached hydrogens (tertiary/aromatic N) is 4. The van der Waals surface area contributed by atoms with Crippen LogP contribution in [0.5, 0.6) is 5.75 Å². The Hall–Kier alpha value is -3.45. The Morgan fingerprint density at radius 2 is 2.00 bits per heavy atom. The average Bonchev–Trinajstić information content (AvgIpc) is 3.23. The van der Waals surface area contributed by atoms with E-state index in [1.807, 2.05) is 4.98 Å². The maximum atomic E-state index is 13.8. The number of H-pyrrole nitrogens is 1. The number of nitrogens with one attached hydrogen (secondary N) is 2. The fourth-order valence-electron chi connectivity index (χ4n) is 3.96. The Morgan fingerprint density at radius 1 is 1.30 bits per heavy atom. The minimum atomic E-state index is -4.38. The largest absolute Gasteiger partial charge is 0.462 e. The summed E-state index contributed by atoms with van der Waals surface area (Å²) in [6.07, 6.45) is -3.09. The highest BCUT2D eigenvalue weighted by Gasteiger charge is 2.79. The highest BCUT2D eigenvalue weighted by atomic mass is 31.2. The Morgan fingerprint density at radius 3 is 2.62 bits per heavy atom. The SMILES string of the molecule is CC(C)OC(=O)[C@H](C)NP(=O)(Oc1ccccc1)OC1[C@H]2O[C@@H](n3ccc(=O)[nH]c3=O)C(N=[N+]=[N-])[C@@]12O. The van der Waals surface area contributed by atoms with Crippen molar-refractivity contribution in [3.05, 3.63) is 73.9 Å². The van der Waals surface area contributed by atoms with Crippen molar-refractivity contribution >= 4 is 13.7 Å². The lowest BCUT2D eigenvalue weighted by molar-refractivity contribution is -0.149. The van der Waals surface area contributed by atoms with Crippen LogP contribution in [-0.4, -0.2) is 56.6 Å². The van der Waals surface area contributed by atoms with Crippen LogP contribution >= 0.6 is 7.75 Å². The van der Waals surface area contributed by atoms with E-state index in [2.05, 4.69) is 15.1 Å². The Labute approximate surface area is 209 Å². The number of esters is 1. The maximum absolute atomic E-state index is 13.8. The molecular weight excluding hydrogens is 511 g/mol. The normalized spacial score (nSPS) is 28.5. The molecule has 2 aromatic rings. The molecule has 0 spiro atoms. The molecule has 1 saturated carbocycles. The van der Waals surface area contributed by atoms with E-state index in [9.17, 15) is 24.1 Å². The first-order chi connectivity index (χ1) is 17.5.